The molecule has 1 N–H and O–H groups in total. The van der Waals surface area contributed by atoms with Crippen LogP contribution in [0.25, 0.3) is 22.2 Å². The van der Waals surface area contributed by atoms with Crippen molar-refractivity contribution in [3.8, 4) is 11.3 Å². The molecule has 1 aliphatic rings. The van der Waals surface area contributed by atoms with Gasteiger partial charge in [-0.1, -0.05) is 18.2 Å². The van der Waals surface area contributed by atoms with E-state index in [0.29, 0.717) is 6.04 Å². The SMILES string of the molecule is O=c1ccc(-c2cccnc2)nn1C1CCC(NCc2ccnc3ccccc23)CC1. The number of aromatic nitrogens is 4. The molecule has 0 bridgehead atoms. The highest BCUT2D eigenvalue weighted by Crippen LogP contribution is 2.28. The van der Waals surface area contributed by atoms with Crippen LogP contribution in [-0.2, 0) is 6.54 Å². The van der Waals surface area contributed by atoms with Crippen LogP contribution in [0.4, 0.5) is 0 Å². The zero-order valence-electron chi connectivity index (χ0n) is 17.3. The van der Waals surface area contributed by atoms with E-state index in [2.05, 4.69) is 38.6 Å². The molecule has 4 aromatic rings. The summed E-state index contributed by atoms with van der Waals surface area (Å²) < 4.78 is 1.68. The average Bonchev–Trinajstić information content (AvgIpc) is 2.84. The second-order valence-corrected chi connectivity index (χ2v) is 8.12. The molecule has 31 heavy (non-hydrogen) atoms. The maximum Gasteiger partial charge on any atom is 0.267 e. The summed E-state index contributed by atoms with van der Waals surface area (Å²) in [7, 11) is 0. The van der Waals surface area contributed by atoms with Crippen LogP contribution in [-0.4, -0.2) is 25.8 Å². The van der Waals surface area contributed by atoms with E-state index in [0.717, 1.165) is 49.0 Å². The molecular formula is C25H25N5O. The van der Waals surface area contributed by atoms with Crippen molar-refractivity contribution in [3.05, 3.63) is 89.1 Å². The van der Waals surface area contributed by atoms with Crippen LogP contribution in [0.2, 0.25) is 0 Å². The lowest BCUT2D eigenvalue weighted by Gasteiger charge is -2.30. The Kier molecular flexibility index (Phi) is 5.54. The van der Waals surface area contributed by atoms with Gasteiger partial charge in [-0.2, -0.15) is 5.10 Å². The summed E-state index contributed by atoms with van der Waals surface area (Å²) in [4.78, 5) is 21.1. The van der Waals surface area contributed by atoms with Crippen LogP contribution in [0.5, 0.6) is 0 Å². The smallest absolute Gasteiger partial charge is 0.267 e. The Morgan fingerprint density at radius 2 is 1.81 bits per heavy atom. The first kappa shape index (κ1) is 19.6. The van der Waals surface area contributed by atoms with Crippen LogP contribution in [0.3, 0.4) is 0 Å². The Balaban J connectivity index is 1.24. The number of nitrogens with zero attached hydrogens (tertiary/aromatic N) is 4. The molecule has 156 valence electrons. The highest BCUT2D eigenvalue weighted by molar-refractivity contribution is 5.81. The summed E-state index contributed by atoms with van der Waals surface area (Å²) in [6, 6.07) is 18.2. The third-order valence-electron chi connectivity index (χ3n) is 6.15. The number of nitrogens with one attached hydrogen (secondary N) is 1. The van der Waals surface area contributed by atoms with E-state index in [1.165, 1.54) is 10.9 Å². The number of para-hydroxylation sites is 1. The van der Waals surface area contributed by atoms with E-state index in [9.17, 15) is 4.79 Å². The topological polar surface area (TPSA) is 72.7 Å². The first-order valence-electron chi connectivity index (χ1n) is 10.8. The summed E-state index contributed by atoms with van der Waals surface area (Å²) >= 11 is 0. The summed E-state index contributed by atoms with van der Waals surface area (Å²) in [6.45, 7) is 0.826. The minimum Gasteiger partial charge on any atom is -0.310 e. The van der Waals surface area contributed by atoms with Gasteiger partial charge in [-0.05, 0) is 61.6 Å². The molecule has 1 fully saturated rings. The van der Waals surface area contributed by atoms with E-state index in [1.54, 1.807) is 29.2 Å². The Bertz CT molecular complexity index is 1220. The number of fused-ring (bicyclic) bond motifs is 1. The summed E-state index contributed by atoms with van der Waals surface area (Å²) in [5, 5.41) is 9.57. The maximum absolute atomic E-state index is 12.5. The molecule has 5 rings (SSSR count). The van der Waals surface area contributed by atoms with E-state index in [4.69, 9.17) is 0 Å². The van der Waals surface area contributed by atoms with E-state index >= 15 is 0 Å². The molecule has 1 aromatic carbocycles. The molecule has 3 heterocycles. The van der Waals surface area contributed by atoms with Gasteiger partial charge in [0, 0.05) is 48.2 Å². The van der Waals surface area contributed by atoms with Crippen molar-refractivity contribution in [2.24, 2.45) is 0 Å². The van der Waals surface area contributed by atoms with Gasteiger partial charge in [0.25, 0.3) is 5.56 Å². The lowest BCUT2D eigenvalue weighted by Crippen LogP contribution is -2.36. The number of pyridine rings is 2. The zero-order chi connectivity index (χ0) is 21.0. The van der Waals surface area contributed by atoms with Crippen molar-refractivity contribution in [1.29, 1.82) is 0 Å². The minimum absolute atomic E-state index is 0.0349. The number of benzene rings is 1. The second-order valence-electron chi connectivity index (χ2n) is 8.12. The lowest BCUT2D eigenvalue weighted by atomic mass is 9.91. The Labute approximate surface area is 181 Å². The predicted octanol–water partition coefficient (Wildman–Crippen LogP) is 4.13. The third kappa shape index (κ3) is 4.25. The van der Waals surface area contributed by atoms with E-state index in [-0.39, 0.29) is 11.6 Å². The Morgan fingerprint density at radius 1 is 0.935 bits per heavy atom. The van der Waals surface area contributed by atoms with Crippen LogP contribution >= 0.6 is 0 Å². The number of rotatable bonds is 5. The van der Waals surface area contributed by atoms with Gasteiger partial charge in [0.15, 0.2) is 0 Å². The molecule has 0 saturated heterocycles. The quantitative estimate of drug-likeness (QED) is 0.535. The van der Waals surface area contributed by atoms with Gasteiger partial charge in [0.1, 0.15) is 0 Å². The van der Waals surface area contributed by atoms with Gasteiger partial charge in [-0.3, -0.25) is 14.8 Å². The fourth-order valence-electron chi connectivity index (χ4n) is 4.44. The monoisotopic (exact) mass is 411 g/mol. The maximum atomic E-state index is 12.5. The minimum atomic E-state index is -0.0349. The van der Waals surface area contributed by atoms with Crippen molar-refractivity contribution in [2.45, 2.75) is 44.3 Å². The standard InChI is InChI=1S/C25H25N5O/c31-25-12-11-23(19-4-3-14-26-16-19)29-30(25)21-9-7-20(8-10-21)28-17-18-13-15-27-24-6-2-1-5-22(18)24/h1-6,11-16,20-21,28H,7-10,17H2. The molecule has 0 unspecified atom stereocenters. The first-order valence-corrected chi connectivity index (χ1v) is 10.8. The van der Waals surface area contributed by atoms with Crippen LogP contribution < -0.4 is 10.9 Å². The fraction of sp³-hybridized carbons (Fsp3) is 0.280. The molecule has 1 aliphatic carbocycles. The molecule has 0 radical (unpaired) electrons. The van der Waals surface area contributed by atoms with Crippen molar-refractivity contribution < 1.29 is 0 Å². The third-order valence-corrected chi connectivity index (χ3v) is 6.15. The van der Waals surface area contributed by atoms with Gasteiger partial charge < -0.3 is 5.32 Å². The molecule has 0 spiro atoms. The van der Waals surface area contributed by atoms with Crippen molar-refractivity contribution in [1.82, 2.24) is 25.1 Å². The van der Waals surface area contributed by atoms with Crippen molar-refractivity contribution in [2.75, 3.05) is 0 Å². The van der Waals surface area contributed by atoms with Crippen molar-refractivity contribution >= 4 is 10.9 Å². The molecule has 1 saturated carbocycles. The van der Waals surface area contributed by atoms with Crippen LogP contribution in [0, 0.1) is 0 Å². The van der Waals surface area contributed by atoms with Gasteiger partial charge in [-0.25, -0.2) is 4.68 Å². The normalized spacial score (nSPS) is 18.8. The highest BCUT2D eigenvalue weighted by Gasteiger charge is 2.24. The largest absolute Gasteiger partial charge is 0.310 e. The predicted molar refractivity (Wildman–Crippen MR) is 122 cm³/mol. The average molecular weight is 412 g/mol. The second kappa shape index (κ2) is 8.78. The van der Waals surface area contributed by atoms with Crippen LogP contribution in [0.1, 0.15) is 37.3 Å². The van der Waals surface area contributed by atoms with Gasteiger partial charge >= 0.3 is 0 Å². The first-order chi connectivity index (χ1) is 15.3. The fourth-order valence-corrected chi connectivity index (χ4v) is 4.44. The molecule has 0 atom stereocenters. The highest BCUT2D eigenvalue weighted by atomic mass is 16.1. The van der Waals surface area contributed by atoms with E-state index < -0.39 is 0 Å². The Morgan fingerprint density at radius 3 is 2.65 bits per heavy atom. The van der Waals surface area contributed by atoms with Gasteiger partial charge in [0.2, 0.25) is 0 Å². The molecule has 6 nitrogen and oxygen atoms in total. The Hall–Kier alpha value is -3.38. The molecular weight excluding hydrogens is 386 g/mol. The summed E-state index contributed by atoms with van der Waals surface area (Å²) in [6.07, 6.45) is 9.33. The molecule has 0 aliphatic heterocycles. The summed E-state index contributed by atoms with van der Waals surface area (Å²) in [5.74, 6) is 0. The number of hydrogen-bond acceptors (Lipinski definition) is 5. The zero-order valence-corrected chi connectivity index (χ0v) is 17.3. The molecule has 0 amide bonds. The molecule has 3 aromatic heterocycles. The number of hydrogen-bond donors (Lipinski definition) is 1. The van der Waals surface area contributed by atoms with E-state index in [1.807, 2.05) is 30.5 Å². The summed E-state index contributed by atoms with van der Waals surface area (Å²) in [5.41, 5.74) is 3.99. The van der Waals surface area contributed by atoms with Crippen LogP contribution in [0.15, 0.2) is 78.0 Å². The van der Waals surface area contributed by atoms with Gasteiger partial charge in [-0.15, -0.1) is 0 Å². The van der Waals surface area contributed by atoms with Crippen molar-refractivity contribution in [3.63, 3.8) is 0 Å². The van der Waals surface area contributed by atoms with Gasteiger partial charge in [0.05, 0.1) is 17.3 Å². The lowest BCUT2D eigenvalue weighted by molar-refractivity contribution is 0.269. The molecule has 6 heteroatoms.